The number of barbiturate groups is 1. The number of carbonyl (C=O) groups excluding carboxylic acids is 4. The van der Waals surface area contributed by atoms with Crippen LogP contribution < -0.4 is 20.7 Å². The van der Waals surface area contributed by atoms with Crippen LogP contribution in [0.3, 0.4) is 0 Å². The molecule has 1 aliphatic heterocycles. The Balaban J connectivity index is 1.78. The Bertz CT molecular complexity index is 1260. The molecule has 0 bridgehead atoms. The molecule has 3 N–H and O–H groups in total. The second-order valence-electron chi connectivity index (χ2n) is 6.85. The van der Waals surface area contributed by atoms with Crippen molar-refractivity contribution in [1.82, 2.24) is 9.88 Å². The molecule has 0 spiro atoms. The minimum absolute atomic E-state index is 0.0553. The quantitative estimate of drug-likeness (QED) is 0.483. The standard InChI is InChI=1S/C22H18N4O5/c1-31-15-8-6-14(7-9-15)26-21(29)17(20(28)24-22(26)30)10-13-11-25(12-19(23)27)18-5-3-2-4-16(13)18/h2-11H,12H2,1H3,(H2,23,27)(H,24,28,30)/b17-10+. The van der Waals surface area contributed by atoms with Gasteiger partial charge in [0.25, 0.3) is 11.8 Å². The molecule has 31 heavy (non-hydrogen) atoms. The van der Waals surface area contributed by atoms with Gasteiger partial charge in [0.15, 0.2) is 0 Å². The third-order valence-corrected chi connectivity index (χ3v) is 4.88. The lowest BCUT2D eigenvalue weighted by Gasteiger charge is -2.26. The fraction of sp³-hybridized carbons (Fsp3) is 0.0909. The van der Waals surface area contributed by atoms with Crippen molar-refractivity contribution >= 4 is 46.4 Å². The molecular weight excluding hydrogens is 400 g/mol. The van der Waals surface area contributed by atoms with Gasteiger partial charge < -0.3 is 15.0 Å². The fourth-order valence-electron chi connectivity index (χ4n) is 3.47. The van der Waals surface area contributed by atoms with E-state index in [4.69, 9.17) is 10.5 Å². The first-order chi connectivity index (χ1) is 14.9. The molecule has 0 aliphatic carbocycles. The van der Waals surface area contributed by atoms with E-state index in [0.717, 1.165) is 15.8 Å². The molecule has 2 heterocycles. The number of aromatic nitrogens is 1. The molecule has 0 atom stereocenters. The number of amides is 5. The number of anilines is 1. The lowest BCUT2D eigenvalue weighted by molar-refractivity contribution is -0.122. The highest BCUT2D eigenvalue weighted by Crippen LogP contribution is 2.27. The zero-order valence-corrected chi connectivity index (χ0v) is 16.5. The first kappa shape index (κ1) is 19.9. The van der Waals surface area contributed by atoms with Gasteiger partial charge >= 0.3 is 6.03 Å². The molecule has 1 fully saturated rings. The average Bonchev–Trinajstić information content (AvgIpc) is 3.08. The van der Waals surface area contributed by atoms with Crippen LogP contribution in [0.2, 0.25) is 0 Å². The van der Waals surface area contributed by atoms with Gasteiger partial charge in [0.2, 0.25) is 5.91 Å². The summed E-state index contributed by atoms with van der Waals surface area (Å²) in [5, 5.41) is 2.92. The lowest BCUT2D eigenvalue weighted by Crippen LogP contribution is -2.54. The smallest absolute Gasteiger partial charge is 0.335 e. The molecule has 4 rings (SSSR count). The summed E-state index contributed by atoms with van der Waals surface area (Å²) in [4.78, 5) is 50.2. The van der Waals surface area contributed by atoms with E-state index in [-0.39, 0.29) is 17.8 Å². The molecule has 0 unspecified atom stereocenters. The van der Waals surface area contributed by atoms with Crippen LogP contribution >= 0.6 is 0 Å². The largest absolute Gasteiger partial charge is 0.497 e. The normalized spacial score (nSPS) is 15.5. The summed E-state index contributed by atoms with van der Waals surface area (Å²) in [5.74, 6) is -1.53. The number of imide groups is 2. The number of rotatable bonds is 5. The van der Waals surface area contributed by atoms with E-state index in [2.05, 4.69) is 5.32 Å². The molecular formula is C22H18N4O5. The Morgan fingerprint density at radius 3 is 2.48 bits per heavy atom. The van der Waals surface area contributed by atoms with Gasteiger partial charge in [0.1, 0.15) is 17.9 Å². The maximum absolute atomic E-state index is 13.1. The molecule has 5 amide bonds. The summed E-state index contributed by atoms with van der Waals surface area (Å²) in [6.45, 7) is -0.0553. The van der Waals surface area contributed by atoms with Gasteiger partial charge in [-0.05, 0) is 36.4 Å². The van der Waals surface area contributed by atoms with Crippen LogP contribution in [0, 0.1) is 0 Å². The zero-order chi connectivity index (χ0) is 22.1. The maximum atomic E-state index is 13.1. The average molecular weight is 418 g/mol. The lowest BCUT2D eigenvalue weighted by atomic mass is 10.1. The Morgan fingerprint density at radius 1 is 1.10 bits per heavy atom. The van der Waals surface area contributed by atoms with Crippen LogP contribution in [0.25, 0.3) is 17.0 Å². The van der Waals surface area contributed by atoms with Crippen molar-refractivity contribution < 1.29 is 23.9 Å². The molecule has 3 aromatic rings. The first-order valence-electron chi connectivity index (χ1n) is 9.30. The predicted molar refractivity (Wildman–Crippen MR) is 113 cm³/mol. The van der Waals surface area contributed by atoms with Crippen LogP contribution in [0.1, 0.15) is 5.56 Å². The number of fused-ring (bicyclic) bond motifs is 1. The van der Waals surface area contributed by atoms with Gasteiger partial charge in [-0.15, -0.1) is 0 Å². The van der Waals surface area contributed by atoms with Crippen LogP contribution in [0.15, 0.2) is 60.3 Å². The number of primary amides is 1. The van der Waals surface area contributed by atoms with Crippen molar-refractivity contribution in [3.63, 3.8) is 0 Å². The monoisotopic (exact) mass is 418 g/mol. The number of carbonyl (C=O) groups is 4. The van der Waals surface area contributed by atoms with E-state index in [9.17, 15) is 19.2 Å². The summed E-state index contributed by atoms with van der Waals surface area (Å²) in [6.07, 6.45) is 3.04. The van der Waals surface area contributed by atoms with Crippen LogP contribution in [0.4, 0.5) is 10.5 Å². The highest BCUT2D eigenvalue weighted by atomic mass is 16.5. The van der Waals surface area contributed by atoms with Gasteiger partial charge in [-0.3, -0.25) is 19.7 Å². The minimum Gasteiger partial charge on any atom is -0.497 e. The molecule has 9 nitrogen and oxygen atoms in total. The number of urea groups is 1. The van der Waals surface area contributed by atoms with E-state index >= 15 is 0 Å². The van der Waals surface area contributed by atoms with Crippen molar-refractivity contribution in [3.8, 4) is 5.75 Å². The molecule has 9 heteroatoms. The van der Waals surface area contributed by atoms with Crippen LogP contribution in [0.5, 0.6) is 5.75 Å². The maximum Gasteiger partial charge on any atom is 0.335 e. The molecule has 1 saturated heterocycles. The van der Waals surface area contributed by atoms with Crippen molar-refractivity contribution in [3.05, 3.63) is 65.9 Å². The number of hydrogen-bond donors (Lipinski definition) is 2. The van der Waals surface area contributed by atoms with E-state index in [1.165, 1.54) is 13.2 Å². The molecule has 1 aliphatic rings. The van der Waals surface area contributed by atoms with Crippen LogP contribution in [-0.2, 0) is 20.9 Å². The predicted octanol–water partition coefficient (Wildman–Crippen LogP) is 1.80. The number of nitrogens with two attached hydrogens (primary N) is 1. The van der Waals surface area contributed by atoms with Gasteiger partial charge in [0, 0.05) is 22.7 Å². The fourth-order valence-corrected chi connectivity index (χ4v) is 3.47. The number of nitrogens with one attached hydrogen (secondary N) is 1. The Labute approximate surface area is 176 Å². The van der Waals surface area contributed by atoms with Gasteiger partial charge in [0.05, 0.1) is 12.8 Å². The summed E-state index contributed by atoms with van der Waals surface area (Å²) in [5.41, 5.74) is 6.67. The third kappa shape index (κ3) is 3.64. The number of para-hydroxylation sites is 1. The number of methoxy groups -OCH3 is 1. The van der Waals surface area contributed by atoms with E-state index < -0.39 is 23.8 Å². The van der Waals surface area contributed by atoms with Crippen molar-refractivity contribution in [2.45, 2.75) is 6.54 Å². The molecule has 156 valence electrons. The van der Waals surface area contributed by atoms with Gasteiger partial charge in [-0.1, -0.05) is 18.2 Å². The van der Waals surface area contributed by atoms with E-state index in [1.54, 1.807) is 59.3 Å². The second kappa shape index (κ2) is 7.79. The molecule has 0 radical (unpaired) electrons. The summed E-state index contributed by atoms with van der Waals surface area (Å²) >= 11 is 0. The number of ether oxygens (including phenoxy) is 1. The SMILES string of the molecule is COc1ccc(N2C(=O)NC(=O)/C(=C\c3cn(CC(N)=O)c4ccccc34)C2=O)cc1. The summed E-state index contributed by atoms with van der Waals surface area (Å²) < 4.78 is 6.73. The number of hydrogen-bond acceptors (Lipinski definition) is 5. The second-order valence-corrected chi connectivity index (χ2v) is 6.85. The van der Waals surface area contributed by atoms with Crippen LogP contribution in [-0.4, -0.2) is 35.4 Å². The third-order valence-electron chi connectivity index (χ3n) is 4.88. The van der Waals surface area contributed by atoms with Gasteiger partial charge in [-0.25, -0.2) is 9.69 Å². The van der Waals surface area contributed by atoms with Gasteiger partial charge in [-0.2, -0.15) is 0 Å². The Morgan fingerprint density at radius 2 is 1.81 bits per heavy atom. The molecule has 2 aromatic carbocycles. The van der Waals surface area contributed by atoms with Crippen molar-refractivity contribution in [2.24, 2.45) is 5.73 Å². The highest BCUT2D eigenvalue weighted by Gasteiger charge is 2.37. The van der Waals surface area contributed by atoms with Crippen molar-refractivity contribution in [2.75, 3.05) is 12.0 Å². The minimum atomic E-state index is -0.839. The number of benzene rings is 2. The summed E-state index contributed by atoms with van der Waals surface area (Å²) in [7, 11) is 1.50. The first-order valence-corrected chi connectivity index (χ1v) is 9.30. The summed E-state index contributed by atoms with van der Waals surface area (Å²) in [6, 6.07) is 12.7. The topological polar surface area (TPSA) is 124 Å². The van der Waals surface area contributed by atoms with E-state index in [0.29, 0.717) is 11.3 Å². The highest BCUT2D eigenvalue weighted by molar-refractivity contribution is 6.39. The van der Waals surface area contributed by atoms with Crippen molar-refractivity contribution in [1.29, 1.82) is 0 Å². The van der Waals surface area contributed by atoms with E-state index in [1.807, 2.05) is 0 Å². The Hall–Kier alpha value is -4.40. The molecule has 0 saturated carbocycles. The zero-order valence-electron chi connectivity index (χ0n) is 16.5. The number of nitrogens with zero attached hydrogens (tertiary/aromatic N) is 2. The Kier molecular flexibility index (Phi) is 5.00. The molecule has 1 aromatic heterocycles.